The van der Waals surface area contributed by atoms with Crippen LogP contribution >= 0.6 is 23.4 Å². The van der Waals surface area contributed by atoms with E-state index in [2.05, 4.69) is 14.5 Å². The van der Waals surface area contributed by atoms with E-state index in [0.29, 0.717) is 11.1 Å². The zero-order chi connectivity index (χ0) is 14.8. The van der Waals surface area contributed by atoms with Gasteiger partial charge in [0.05, 0.1) is 12.5 Å². The van der Waals surface area contributed by atoms with Crippen molar-refractivity contribution in [2.75, 3.05) is 12.9 Å². The lowest BCUT2D eigenvalue weighted by Crippen LogP contribution is -2.19. The van der Waals surface area contributed by atoms with Crippen LogP contribution in [0.15, 0.2) is 12.1 Å². The van der Waals surface area contributed by atoms with Crippen molar-refractivity contribution in [3.8, 4) is 5.88 Å². The number of hydrogen-bond acceptors (Lipinski definition) is 4. The Labute approximate surface area is 134 Å². The number of hydrogen-bond donors (Lipinski definition) is 0. The second-order valence-electron chi connectivity index (χ2n) is 5.38. The second-order valence-corrected chi connectivity index (χ2v) is 7.44. The fraction of sp³-hybridized carbons (Fsp3) is 0.600. The second kappa shape index (κ2) is 6.44. The first-order chi connectivity index (χ1) is 10.2. The van der Waals surface area contributed by atoms with Gasteiger partial charge in [0.25, 0.3) is 0 Å². The molecular formula is C15H20ClN3OS. The number of pyridine rings is 1. The molecule has 0 spiro atoms. The van der Waals surface area contributed by atoms with E-state index in [1.807, 2.05) is 30.8 Å². The summed E-state index contributed by atoms with van der Waals surface area (Å²) in [6.45, 7) is 2.89. The summed E-state index contributed by atoms with van der Waals surface area (Å²) in [5.41, 5.74) is 1.77. The van der Waals surface area contributed by atoms with Gasteiger partial charge in [0.15, 0.2) is 5.65 Å². The van der Waals surface area contributed by atoms with Crippen LogP contribution in [-0.4, -0.2) is 32.6 Å². The maximum Gasteiger partial charge on any atom is 0.215 e. The van der Waals surface area contributed by atoms with Gasteiger partial charge in [-0.3, -0.25) is 0 Å². The van der Waals surface area contributed by atoms with Gasteiger partial charge in [0, 0.05) is 17.9 Å². The average molecular weight is 326 g/mol. The predicted molar refractivity (Wildman–Crippen MR) is 88.4 cm³/mol. The number of nitrogens with zero attached hydrogens (tertiary/aromatic N) is 3. The minimum absolute atomic E-state index is 0.126. The van der Waals surface area contributed by atoms with Crippen LogP contribution in [0.1, 0.15) is 37.4 Å². The van der Waals surface area contributed by atoms with Gasteiger partial charge < -0.3 is 9.30 Å². The average Bonchev–Trinajstić information content (AvgIpc) is 2.86. The molecule has 3 rings (SSSR count). The number of imidazole rings is 1. The molecule has 3 heterocycles. The highest BCUT2D eigenvalue weighted by molar-refractivity contribution is 7.99. The Balaban J connectivity index is 2.01. The Morgan fingerprint density at radius 2 is 2.29 bits per heavy atom. The van der Waals surface area contributed by atoms with Crippen LogP contribution in [0.5, 0.6) is 5.88 Å². The number of ether oxygens (including phenoxy) is 1. The van der Waals surface area contributed by atoms with E-state index >= 15 is 0 Å². The third-order valence-corrected chi connectivity index (χ3v) is 5.40. The van der Waals surface area contributed by atoms with E-state index < -0.39 is 0 Å². The molecule has 0 N–H and O–H groups in total. The SMILES string of the molecule is COc1ccc2nc(C(C)Cl)n(CC3CCCCS3)c2n1. The van der Waals surface area contributed by atoms with Crippen molar-refractivity contribution in [3.05, 3.63) is 18.0 Å². The Morgan fingerprint density at radius 3 is 2.95 bits per heavy atom. The summed E-state index contributed by atoms with van der Waals surface area (Å²) >= 11 is 8.37. The zero-order valence-corrected chi connectivity index (χ0v) is 14.0. The fourth-order valence-electron chi connectivity index (χ4n) is 2.75. The predicted octanol–water partition coefficient (Wildman–Crippen LogP) is 4.03. The monoisotopic (exact) mass is 325 g/mol. The number of rotatable bonds is 4. The van der Waals surface area contributed by atoms with Gasteiger partial charge in [0.2, 0.25) is 5.88 Å². The number of thioether (sulfide) groups is 1. The molecule has 0 saturated carbocycles. The summed E-state index contributed by atoms with van der Waals surface area (Å²) in [5.74, 6) is 2.77. The zero-order valence-electron chi connectivity index (χ0n) is 12.4. The first kappa shape index (κ1) is 15.0. The van der Waals surface area contributed by atoms with E-state index in [-0.39, 0.29) is 5.38 Å². The Hall–Kier alpha value is -0.940. The van der Waals surface area contributed by atoms with Gasteiger partial charge >= 0.3 is 0 Å². The van der Waals surface area contributed by atoms with E-state index in [1.54, 1.807) is 7.11 Å². The van der Waals surface area contributed by atoms with Crippen molar-refractivity contribution in [1.29, 1.82) is 0 Å². The van der Waals surface area contributed by atoms with Gasteiger partial charge in [-0.25, -0.2) is 4.98 Å². The van der Waals surface area contributed by atoms with Gasteiger partial charge in [-0.05, 0) is 31.6 Å². The maximum absolute atomic E-state index is 6.32. The van der Waals surface area contributed by atoms with Crippen LogP contribution in [0.4, 0.5) is 0 Å². The highest BCUT2D eigenvalue weighted by Gasteiger charge is 2.21. The molecule has 2 atom stereocenters. The van der Waals surface area contributed by atoms with E-state index in [0.717, 1.165) is 23.5 Å². The molecule has 1 fully saturated rings. The molecular weight excluding hydrogens is 306 g/mol. The molecule has 6 heteroatoms. The minimum atomic E-state index is -0.126. The number of aromatic nitrogens is 3. The molecule has 1 aliphatic heterocycles. The Kier molecular flexibility index (Phi) is 4.60. The van der Waals surface area contributed by atoms with Crippen molar-refractivity contribution >= 4 is 34.5 Å². The molecule has 0 bridgehead atoms. The third-order valence-electron chi connectivity index (χ3n) is 3.82. The molecule has 2 unspecified atom stereocenters. The first-order valence-corrected chi connectivity index (χ1v) is 8.84. The summed E-state index contributed by atoms with van der Waals surface area (Å²) in [6.07, 6.45) is 3.90. The minimum Gasteiger partial charge on any atom is -0.481 e. The van der Waals surface area contributed by atoms with Crippen molar-refractivity contribution in [2.24, 2.45) is 0 Å². The fourth-order valence-corrected chi connectivity index (χ4v) is 4.21. The summed E-state index contributed by atoms with van der Waals surface area (Å²) in [5, 5.41) is 0.497. The molecule has 0 radical (unpaired) electrons. The summed E-state index contributed by atoms with van der Waals surface area (Å²) in [6, 6.07) is 3.80. The first-order valence-electron chi connectivity index (χ1n) is 7.36. The van der Waals surface area contributed by atoms with Crippen LogP contribution in [-0.2, 0) is 6.54 Å². The largest absolute Gasteiger partial charge is 0.481 e. The summed E-state index contributed by atoms with van der Waals surface area (Å²) in [4.78, 5) is 9.23. The Bertz CT molecular complexity index is 623. The molecule has 21 heavy (non-hydrogen) atoms. The van der Waals surface area contributed by atoms with Crippen molar-refractivity contribution in [2.45, 2.75) is 43.4 Å². The maximum atomic E-state index is 6.32. The molecule has 2 aromatic rings. The van der Waals surface area contributed by atoms with Gasteiger partial charge in [-0.2, -0.15) is 16.7 Å². The van der Waals surface area contributed by atoms with Crippen molar-refractivity contribution in [1.82, 2.24) is 14.5 Å². The molecule has 4 nitrogen and oxygen atoms in total. The highest BCUT2D eigenvalue weighted by atomic mass is 35.5. The Morgan fingerprint density at radius 1 is 1.43 bits per heavy atom. The number of methoxy groups -OCH3 is 1. The van der Waals surface area contributed by atoms with Crippen LogP contribution in [0.3, 0.4) is 0 Å². The normalized spacial score (nSPS) is 20.6. The number of fused-ring (bicyclic) bond motifs is 1. The lowest BCUT2D eigenvalue weighted by molar-refractivity contribution is 0.398. The van der Waals surface area contributed by atoms with E-state index in [9.17, 15) is 0 Å². The summed E-state index contributed by atoms with van der Waals surface area (Å²) in [7, 11) is 1.64. The smallest absolute Gasteiger partial charge is 0.215 e. The van der Waals surface area contributed by atoms with Gasteiger partial charge in [-0.1, -0.05) is 6.42 Å². The number of halogens is 1. The van der Waals surface area contributed by atoms with Crippen molar-refractivity contribution < 1.29 is 4.74 Å². The number of alkyl halides is 1. The van der Waals surface area contributed by atoms with Crippen LogP contribution in [0.25, 0.3) is 11.2 Å². The lowest BCUT2D eigenvalue weighted by atomic mass is 10.2. The standard InChI is InChI=1S/C15H20ClN3OS/c1-10(16)14-17-12-6-7-13(20-2)18-15(12)19(14)9-11-5-3-4-8-21-11/h6-7,10-11H,3-5,8-9H2,1-2H3. The van der Waals surface area contributed by atoms with Gasteiger partial charge in [-0.15, -0.1) is 11.6 Å². The third kappa shape index (κ3) is 3.14. The molecule has 0 aromatic carbocycles. The van der Waals surface area contributed by atoms with Crippen LogP contribution in [0, 0.1) is 0 Å². The van der Waals surface area contributed by atoms with Crippen LogP contribution < -0.4 is 4.74 Å². The lowest BCUT2D eigenvalue weighted by Gasteiger charge is -2.23. The molecule has 1 aliphatic rings. The molecule has 1 saturated heterocycles. The summed E-state index contributed by atoms with van der Waals surface area (Å²) < 4.78 is 7.43. The van der Waals surface area contributed by atoms with Gasteiger partial charge in [0.1, 0.15) is 11.3 Å². The molecule has 114 valence electrons. The molecule has 0 aliphatic carbocycles. The van der Waals surface area contributed by atoms with Crippen molar-refractivity contribution in [3.63, 3.8) is 0 Å². The van der Waals surface area contributed by atoms with Crippen LogP contribution in [0.2, 0.25) is 0 Å². The van der Waals surface area contributed by atoms with E-state index in [1.165, 1.54) is 25.0 Å². The molecule has 2 aromatic heterocycles. The topological polar surface area (TPSA) is 39.9 Å². The highest BCUT2D eigenvalue weighted by Crippen LogP contribution is 2.30. The quantitative estimate of drug-likeness (QED) is 0.796. The molecule has 0 amide bonds. The van der Waals surface area contributed by atoms with E-state index in [4.69, 9.17) is 16.3 Å².